The van der Waals surface area contributed by atoms with Crippen molar-refractivity contribution >= 4 is 44.2 Å². The molecular weight excluding hydrogens is 500 g/mol. The lowest BCUT2D eigenvalue weighted by Gasteiger charge is -2.37. The summed E-state index contributed by atoms with van der Waals surface area (Å²) in [7, 11) is 2.12. The SMILES string of the molecule is C=CC1=Nc2ccccc2C(C)(C)C1C=C.CC.Cn1c2ccccc2c2ccccc21.c1ccc2occc2c1. The number of para-hydroxylation sites is 4. The molecule has 0 saturated heterocycles. The summed E-state index contributed by atoms with van der Waals surface area (Å²) < 4.78 is 7.36. The van der Waals surface area contributed by atoms with Gasteiger partial charge in [-0.2, -0.15) is 0 Å². The lowest BCUT2D eigenvalue weighted by atomic mass is 9.69. The summed E-state index contributed by atoms with van der Waals surface area (Å²) in [5.41, 5.74) is 6.94. The van der Waals surface area contributed by atoms with E-state index < -0.39 is 0 Å². The number of hydrogen-bond donors (Lipinski definition) is 0. The molecule has 0 bridgehead atoms. The second-order valence-electron chi connectivity index (χ2n) is 10.2. The molecule has 4 aromatic carbocycles. The summed E-state index contributed by atoms with van der Waals surface area (Å²) in [6.45, 7) is 16.2. The van der Waals surface area contributed by atoms with Gasteiger partial charge in [-0.25, -0.2) is 0 Å². The summed E-state index contributed by atoms with van der Waals surface area (Å²) >= 11 is 0. The highest BCUT2D eigenvalue weighted by Gasteiger charge is 2.36. The molecule has 3 heterocycles. The Hall–Kier alpha value is -4.63. The molecule has 0 spiro atoms. The Morgan fingerprint density at radius 2 is 1.32 bits per heavy atom. The summed E-state index contributed by atoms with van der Waals surface area (Å²) in [4.78, 5) is 4.64. The van der Waals surface area contributed by atoms with Crippen molar-refractivity contribution in [1.29, 1.82) is 0 Å². The minimum Gasteiger partial charge on any atom is -0.464 e. The summed E-state index contributed by atoms with van der Waals surface area (Å²) in [6.07, 6.45) is 5.51. The number of allylic oxidation sites excluding steroid dienone is 2. The van der Waals surface area contributed by atoms with Crippen molar-refractivity contribution in [3.8, 4) is 0 Å². The molecule has 3 nitrogen and oxygen atoms in total. The lowest BCUT2D eigenvalue weighted by molar-refractivity contribution is 0.462. The molecule has 6 aromatic rings. The van der Waals surface area contributed by atoms with Crippen molar-refractivity contribution in [3.63, 3.8) is 0 Å². The molecule has 1 aliphatic rings. The number of hydrogen-bond acceptors (Lipinski definition) is 2. The van der Waals surface area contributed by atoms with Gasteiger partial charge in [-0.1, -0.05) is 113 Å². The van der Waals surface area contributed by atoms with Gasteiger partial charge in [0.25, 0.3) is 0 Å². The minimum atomic E-state index is 0.0314. The van der Waals surface area contributed by atoms with Crippen LogP contribution in [0.15, 0.2) is 144 Å². The summed E-state index contributed by atoms with van der Waals surface area (Å²) in [5, 5.41) is 3.84. The van der Waals surface area contributed by atoms with E-state index in [0.717, 1.165) is 22.4 Å². The molecule has 1 atom stereocenters. The zero-order valence-corrected chi connectivity index (χ0v) is 24.8. The van der Waals surface area contributed by atoms with Crippen LogP contribution in [0.1, 0.15) is 33.3 Å². The van der Waals surface area contributed by atoms with Gasteiger partial charge in [-0.05, 0) is 42.0 Å². The normalized spacial score (nSPS) is 14.8. The first kappa shape index (κ1) is 29.4. The zero-order valence-electron chi connectivity index (χ0n) is 24.8. The molecule has 0 amide bonds. The fourth-order valence-electron chi connectivity index (χ4n) is 5.47. The monoisotopic (exact) mass is 540 g/mol. The molecule has 0 N–H and O–H groups in total. The Bertz CT molecular complexity index is 1710. The number of benzene rings is 4. The van der Waals surface area contributed by atoms with E-state index in [0.29, 0.717) is 0 Å². The Morgan fingerprint density at radius 1 is 0.756 bits per heavy atom. The molecule has 2 aromatic heterocycles. The number of aromatic nitrogens is 1. The van der Waals surface area contributed by atoms with Gasteiger partial charge in [0.1, 0.15) is 5.58 Å². The zero-order chi connectivity index (χ0) is 29.4. The second kappa shape index (κ2) is 13.1. The van der Waals surface area contributed by atoms with E-state index in [1.807, 2.05) is 62.4 Å². The van der Waals surface area contributed by atoms with Crippen LogP contribution in [0.5, 0.6) is 0 Å². The average molecular weight is 541 g/mol. The predicted octanol–water partition coefficient (Wildman–Crippen LogP) is 10.8. The molecule has 41 heavy (non-hydrogen) atoms. The average Bonchev–Trinajstić information content (AvgIpc) is 3.62. The van der Waals surface area contributed by atoms with E-state index in [1.54, 1.807) is 6.26 Å². The lowest BCUT2D eigenvalue weighted by Crippen LogP contribution is -2.35. The van der Waals surface area contributed by atoms with Crippen LogP contribution in [-0.4, -0.2) is 10.3 Å². The van der Waals surface area contributed by atoms with E-state index in [4.69, 9.17) is 4.42 Å². The molecule has 0 saturated carbocycles. The highest BCUT2D eigenvalue weighted by molar-refractivity contribution is 6.07. The van der Waals surface area contributed by atoms with E-state index >= 15 is 0 Å². The standard InChI is InChI=1S/C15H17N.C13H11N.C8H6O.C2H6/c1-5-11-13(6-2)16-14-10-8-7-9-12(14)15(11,3)4;1-14-12-8-4-2-6-10(12)11-7-3-5-9-13(11)14;1-2-4-8-7(3-1)5-6-9-8;1-2/h5-11H,1-2H2,3-4H3;2-9H,1H3;1-6H;1-2H3. The van der Waals surface area contributed by atoms with Gasteiger partial charge >= 0.3 is 0 Å². The van der Waals surface area contributed by atoms with Crippen molar-refractivity contribution in [2.75, 3.05) is 0 Å². The van der Waals surface area contributed by atoms with Crippen LogP contribution in [0.2, 0.25) is 0 Å². The molecule has 0 aliphatic carbocycles. The van der Waals surface area contributed by atoms with Crippen molar-refractivity contribution < 1.29 is 4.42 Å². The van der Waals surface area contributed by atoms with Gasteiger partial charge in [-0.3, -0.25) is 4.99 Å². The van der Waals surface area contributed by atoms with Gasteiger partial charge in [-0.15, -0.1) is 6.58 Å². The van der Waals surface area contributed by atoms with Crippen LogP contribution in [-0.2, 0) is 12.5 Å². The third kappa shape index (κ3) is 5.95. The van der Waals surface area contributed by atoms with Gasteiger partial charge in [0.15, 0.2) is 0 Å². The number of furan rings is 1. The second-order valence-corrected chi connectivity index (χ2v) is 10.2. The topological polar surface area (TPSA) is 30.4 Å². The van der Waals surface area contributed by atoms with Crippen LogP contribution in [0.4, 0.5) is 5.69 Å². The maximum atomic E-state index is 5.12. The maximum Gasteiger partial charge on any atom is 0.133 e. The smallest absolute Gasteiger partial charge is 0.133 e. The van der Waals surface area contributed by atoms with Gasteiger partial charge in [0, 0.05) is 51.3 Å². The number of nitrogens with zero attached hydrogens (tertiary/aromatic N) is 2. The quantitative estimate of drug-likeness (QED) is 0.201. The fourth-order valence-corrected chi connectivity index (χ4v) is 5.47. The molecule has 7 rings (SSSR count). The Balaban J connectivity index is 0.000000142. The van der Waals surface area contributed by atoms with E-state index in [2.05, 4.69) is 110 Å². The first-order valence-corrected chi connectivity index (χ1v) is 14.2. The van der Waals surface area contributed by atoms with Crippen molar-refractivity contribution in [2.24, 2.45) is 18.0 Å². The maximum absolute atomic E-state index is 5.12. The first-order chi connectivity index (χ1) is 20.0. The highest BCUT2D eigenvalue weighted by Crippen LogP contribution is 2.43. The van der Waals surface area contributed by atoms with Crippen LogP contribution < -0.4 is 0 Å². The molecule has 0 fully saturated rings. The summed E-state index contributed by atoms with van der Waals surface area (Å²) in [6, 6.07) is 35.2. The highest BCUT2D eigenvalue weighted by atomic mass is 16.3. The molecular formula is C38H40N2O. The summed E-state index contributed by atoms with van der Waals surface area (Å²) in [5.74, 6) is 0.236. The molecule has 3 heteroatoms. The third-order valence-electron chi connectivity index (χ3n) is 7.57. The number of fused-ring (bicyclic) bond motifs is 5. The van der Waals surface area contributed by atoms with Crippen molar-refractivity contribution in [2.45, 2.75) is 33.1 Å². The Morgan fingerprint density at radius 3 is 1.93 bits per heavy atom. The van der Waals surface area contributed by atoms with Crippen LogP contribution in [0, 0.1) is 5.92 Å². The van der Waals surface area contributed by atoms with Crippen LogP contribution in [0.3, 0.4) is 0 Å². The van der Waals surface area contributed by atoms with Gasteiger partial charge in [0.2, 0.25) is 0 Å². The third-order valence-corrected chi connectivity index (χ3v) is 7.57. The van der Waals surface area contributed by atoms with Crippen LogP contribution in [0.25, 0.3) is 32.8 Å². The molecule has 1 aliphatic heterocycles. The van der Waals surface area contributed by atoms with E-state index in [-0.39, 0.29) is 11.3 Å². The number of rotatable bonds is 2. The Labute approximate surface area is 244 Å². The predicted molar refractivity (Wildman–Crippen MR) is 178 cm³/mol. The Kier molecular flexibility index (Phi) is 9.41. The van der Waals surface area contributed by atoms with Gasteiger partial charge in [0.05, 0.1) is 12.0 Å². The molecule has 208 valence electrons. The minimum absolute atomic E-state index is 0.0314. The number of aliphatic imine (C=N–C) groups is 1. The molecule has 1 unspecified atom stereocenters. The first-order valence-electron chi connectivity index (χ1n) is 14.2. The molecule has 0 radical (unpaired) electrons. The van der Waals surface area contributed by atoms with E-state index in [1.165, 1.54) is 27.4 Å². The van der Waals surface area contributed by atoms with Crippen molar-refractivity contribution in [1.82, 2.24) is 4.57 Å². The van der Waals surface area contributed by atoms with Crippen molar-refractivity contribution in [3.05, 3.63) is 140 Å². The van der Waals surface area contributed by atoms with Crippen LogP contribution >= 0.6 is 0 Å². The van der Waals surface area contributed by atoms with Gasteiger partial charge < -0.3 is 8.98 Å². The fraction of sp³-hybridized carbons (Fsp3) is 0.184. The van der Waals surface area contributed by atoms with E-state index in [9.17, 15) is 0 Å². The number of aryl methyl sites for hydroxylation is 1. The largest absolute Gasteiger partial charge is 0.464 e.